The van der Waals surface area contributed by atoms with Crippen LogP contribution in [0.3, 0.4) is 0 Å². The average Bonchev–Trinajstić information content (AvgIpc) is 2.27. The van der Waals surface area contributed by atoms with Gasteiger partial charge in [0.15, 0.2) is 0 Å². The van der Waals surface area contributed by atoms with Crippen molar-refractivity contribution in [2.75, 3.05) is 13.6 Å². The molecule has 0 aromatic rings. The highest BCUT2D eigenvalue weighted by Gasteiger charge is 2.42. The van der Waals surface area contributed by atoms with Gasteiger partial charge >= 0.3 is 5.97 Å². The lowest BCUT2D eigenvalue weighted by atomic mass is 9.71. The van der Waals surface area contributed by atoms with Crippen LogP contribution in [0.25, 0.3) is 0 Å². The van der Waals surface area contributed by atoms with Crippen LogP contribution in [0.5, 0.6) is 0 Å². The highest BCUT2D eigenvalue weighted by molar-refractivity contribution is 5.85. The van der Waals surface area contributed by atoms with Crippen molar-refractivity contribution in [2.45, 2.75) is 58.0 Å². The third kappa shape index (κ3) is 4.49. The molecule has 0 aliphatic heterocycles. The van der Waals surface area contributed by atoms with Gasteiger partial charge in [0.25, 0.3) is 0 Å². The highest BCUT2D eigenvalue weighted by Crippen LogP contribution is 2.40. The highest BCUT2D eigenvalue weighted by atomic mass is 16.4. The molecule has 0 saturated heterocycles. The van der Waals surface area contributed by atoms with E-state index in [1.54, 1.807) is 20.9 Å². The van der Waals surface area contributed by atoms with Crippen LogP contribution in [0.15, 0.2) is 0 Å². The van der Waals surface area contributed by atoms with Crippen LogP contribution >= 0.6 is 0 Å². The van der Waals surface area contributed by atoms with Gasteiger partial charge < -0.3 is 15.1 Å². The summed E-state index contributed by atoms with van der Waals surface area (Å²) in [7, 11) is 1.61. The van der Waals surface area contributed by atoms with E-state index in [1.165, 1.54) is 4.90 Å². The summed E-state index contributed by atoms with van der Waals surface area (Å²) in [6.07, 6.45) is 3.97. The zero-order chi connectivity index (χ0) is 14.7. The second-order valence-electron chi connectivity index (χ2n) is 6.39. The predicted molar refractivity (Wildman–Crippen MR) is 71.7 cm³/mol. The maximum absolute atomic E-state index is 12.2. The number of rotatable bonds is 5. The van der Waals surface area contributed by atoms with Gasteiger partial charge in [0, 0.05) is 20.0 Å². The fourth-order valence-corrected chi connectivity index (χ4v) is 2.79. The minimum absolute atomic E-state index is 0.0366. The molecule has 110 valence electrons. The van der Waals surface area contributed by atoms with Gasteiger partial charge in [-0.2, -0.15) is 0 Å². The van der Waals surface area contributed by atoms with Crippen LogP contribution < -0.4 is 0 Å². The number of hydrogen-bond donors (Lipinski definition) is 2. The molecule has 1 rings (SSSR count). The summed E-state index contributed by atoms with van der Waals surface area (Å²) in [4.78, 5) is 25.1. The molecule has 19 heavy (non-hydrogen) atoms. The molecular formula is C14H25NO4. The second-order valence-corrected chi connectivity index (χ2v) is 6.39. The first-order valence-corrected chi connectivity index (χ1v) is 6.86. The summed E-state index contributed by atoms with van der Waals surface area (Å²) in [6, 6.07) is 0. The Labute approximate surface area is 114 Å². The fraction of sp³-hybridized carbons (Fsp3) is 0.857. The maximum atomic E-state index is 12.2. The number of hydrogen-bond acceptors (Lipinski definition) is 3. The first kappa shape index (κ1) is 16.0. The molecule has 0 unspecified atom stereocenters. The molecule has 1 amide bonds. The number of carbonyl (C=O) groups is 2. The van der Waals surface area contributed by atoms with Crippen molar-refractivity contribution in [3.05, 3.63) is 0 Å². The lowest BCUT2D eigenvalue weighted by molar-refractivity contribution is -0.156. The number of likely N-dealkylation sites (N-methyl/N-ethyl adjacent to an activating group) is 1. The Morgan fingerprint density at radius 3 is 2.16 bits per heavy atom. The molecule has 1 saturated carbocycles. The lowest BCUT2D eigenvalue weighted by Crippen LogP contribution is -2.44. The Balaban J connectivity index is 2.69. The van der Waals surface area contributed by atoms with Crippen molar-refractivity contribution in [3.63, 3.8) is 0 Å². The summed E-state index contributed by atoms with van der Waals surface area (Å²) in [6.45, 7) is 3.47. The van der Waals surface area contributed by atoms with E-state index in [0.717, 1.165) is 19.3 Å². The molecular weight excluding hydrogens is 246 g/mol. The van der Waals surface area contributed by atoms with Crippen LogP contribution in [0, 0.1) is 5.41 Å². The molecule has 1 fully saturated rings. The number of aliphatic hydroxyl groups is 1. The van der Waals surface area contributed by atoms with Crippen molar-refractivity contribution in [1.29, 1.82) is 0 Å². The van der Waals surface area contributed by atoms with E-state index in [9.17, 15) is 19.8 Å². The van der Waals surface area contributed by atoms with E-state index >= 15 is 0 Å². The molecule has 0 aromatic carbocycles. The average molecular weight is 271 g/mol. The smallest absolute Gasteiger partial charge is 0.310 e. The standard InChI is InChI=1S/C14H25NO4/c1-13(2,19)10-15(3)11(16)9-14(12(17)18)7-5-4-6-8-14/h19H,4-10H2,1-3H3,(H,17,18). The summed E-state index contributed by atoms with van der Waals surface area (Å²) >= 11 is 0. The van der Waals surface area contributed by atoms with E-state index in [0.29, 0.717) is 12.8 Å². The van der Waals surface area contributed by atoms with Crippen molar-refractivity contribution < 1.29 is 19.8 Å². The number of amides is 1. The van der Waals surface area contributed by atoms with Gasteiger partial charge in [0.1, 0.15) is 0 Å². The number of carbonyl (C=O) groups excluding carboxylic acids is 1. The quantitative estimate of drug-likeness (QED) is 0.797. The van der Waals surface area contributed by atoms with Gasteiger partial charge in [-0.05, 0) is 26.7 Å². The minimum atomic E-state index is -0.965. The molecule has 0 aromatic heterocycles. The van der Waals surface area contributed by atoms with E-state index < -0.39 is 17.0 Å². The lowest BCUT2D eigenvalue weighted by Gasteiger charge is -2.34. The molecule has 0 radical (unpaired) electrons. The number of carboxylic acid groups (broad SMARTS) is 1. The van der Waals surface area contributed by atoms with E-state index in [4.69, 9.17) is 0 Å². The third-order valence-corrected chi connectivity index (χ3v) is 3.80. The first-order valence-electron chi connectivity index (χ1n) is 6.86. The van der Waals surface area contributed by atoms with Gasteiger partial charge in [-0.1, -0.05) is 19.3 Å². The fourth-order valence-electron chi connectivity index (χ4n) is 2.79. The van der Waals surface area contributed by atoms with Crippen LogP contribution in [0.4, 0.5) is 0 Å². The van der Waals surface area contributed by atoms with Crippen molar-refractivity contribution in [1.82, 2.24) is 4.90 Å². The Bertz CT molecular complexity index is 340. The van der Waals surface area contributed by atoms with Crippen LogP contribution in [0.2, 0.25) is 0 Å². The summed E-state index contributed by atoms with van der Waals surface area (Å²) in [5.74, 6) is -1.07. The molecule has 0 atom stereocenters. The van der Waals surface area contributed by atoms with Crippen molar-refractivity contribution in [3.8, 4) is 0 Å². The molecule has 1 aliphatic rings. The Kier molecular flexibility index (Phi) is 4.96. The van der Waals surface area contributed by atoms with E-state index in [-0.39, 0.29) is 18.9 Å². The van der Waals surface area contributed by atoms with Gasteiger partial charge in [-0.15, -0.1) is 0 Å². The molecule has 5 nitrogen and oxygen atoms in total. The maximum Gasteiger partial charge on any atom is 0.310 e. The molecule has 2 N–H and O–H groups in total. The topological polar surface area (TPSA) is 77.8 Å². The molecule has 0 heterocycles. The Morgan fingerprint density at radius 1 is 1.21 bits per heavy atom. The molecule has 5 heteroatoms. The molecule has 1 aliphatic carbocycles. The van der Waals surface area contributed by atoms with Gasteiger partial charge in [-0.3, -0.25) is 9.59 Å². The van der Waals surface area contributed by atoms with Crippen LogP contribution in [0.1, 0.15) is 52.4 Å². The van der Waals surface area contributed by atoms with Crippen molar-refractivity contribution in [2.24, 2.45) is 5.41 Å². The Morgan fingerprint density at radius 2 is 1.74 bits per heavy atom. The van der Waals surface area contributed by atoms with Crippen LogP contribution in [-0.2, 0) is 9.59 Å². The third-order valence-electron chi connectivity index (χ3n) is 3.80. The zero-order valence-electron chi connectivity index (χ0n) is 12.1. The molecule has 0 spiro atoms. The largest absolute Gasteiger partial charge is 0.481 e. The van der Waals surface area contributed by atoms with Gasteiger partial charge in [-0.25, -0.2) is 0 Å². The van der Waals surface area contributed by atoms with Gasteiger partial charge in [0.2, 0.25) is 5.91 Å². The van der Waals surface area contributed by atoms with E-state index in [2.05, 4.69) is 0 Å². The SMILES string of the molecule is CN(CC(C)(C)O)C(=O)CC1(C(=O)O)CCCCC1. The van der Waals surface area contributed by atoms with Crippen molar-refractivity contribution >= 4 is 11.9 Å². The minimum Gasteiger partial charge on any atom is -0.481 e. The number of aliphatic carboxylic acids is 1. The molecule has 0 bridgehead atoms. The van der Waals surface area contributed by atoms with Crippen LogP contribution in [-0.4, -0.2) is 46.2 Å². The number of nitrogens with zero attached hydrogens (tertiary/aromatic N) is 1. The van der Waals surface area contributed by atoms with E-state index in [1.807, 2.05) is 0 Å². The predicted octanol–water partition coefficient (Wildman–Crippen LogP) is 1.64. The zero-order valence-corrected chi connectivity index (χ0v) is 12.1. The number of carboxylic acids is 1. The normalized spacial score (nSPS) is 18.9. The second kappa shape index (κ2) is 5.90. The van der Waals surface area contributed by atoms with Gasteiger partial charge in [0.05, 0.1) is 11.0 Å². The first-order chi connectivity index (χ1) is 8.66. The Hall–Kier alpha value is -1.10. The summed E-state index contributed by atoms with van der Waals surface area (Å²) in [5, 5.41) is 19.1. The monoisotopic (exact) mass is 271 g/mol. The summed E-state index contributed by atoms with van der Waals surface area (Å²) in [5.41, 5.74) is -1.86. The summed E-state index contributed by atoms with van der Waals surface area (Å²) < 4.78 is 0.